The Morgan fingerprint density at radius 1 is 1.17 bits per heavy atom. The quantitative estimate of drug-likeness (QED) is 0.407. The van der Waals surface area contributed by atoms with Crippen molar-refractivity contribution in [2.24, 2.45) is 0 Å². The van der Waals surface area contributed by atoms with Crippen LogP contribution in [0.3, 0.4) is 0 Å². The first-order valence-electron chi connectivity index (χ1n) is 11.8. The van der Waals surface area contributed by atoms with Crippen molar-refractivity contribution in [1.82, 2.24) is 29.6 Å². The standard InChI is InChI=1S/C25H26FN7O2/c1-25(2,35)21-19(26)7-8-20(30-21)33-22-18(23(34)32(33)17-5-6-17)13-28-24(31-22)29-16-4-3-14-9-10-27-12-15(14)11-16/h3-4,7-8,11,13,17,27,35H,5-6,9-10,12H2,1-2H3,(H,28,29,31). The second kappa shape index (κ2) is 7.96. The molecular weight excluding hydrogens is 449 g/mol. The van der Waals surface area contributed by atoms with Crippen LogP contribution in [0.5, 0.6) is 0 Å². The monoisotopic (exact) mass is 475 g/mol. The van der Waals surface area contributed by atoms with Crippen LogP contribution in [0.25, 0.3) is 16.9 Å². The van der Waals surface area contributed by atoms with Gasteiger partial charge in [0, 0.05) is 18.4 Å². The van der Waals surface area contributed by atoms with Gasteiger partial charge in [0.15, 0.2) is 11.5 Å². The van der Waals surface area contributed by atoms with Crippen molar-refractivity contribution < 1.29 is 9.50 Å². The average molecular weight is 476 g/mol. The number of aliphatic hydroxyl groups is 1. The first-order chi connectivity index (χ1) is 16.8. The molecule has 0 amide bonds. The van der Waals surface area contributed by atoms with E-state index in [9.17, 15) is 14.3 Å². The highest BCUT2D eigenvalue weighted by Gasteiger charge is 2.32. The Morgan fingerprint density at radius 2 is 2.00 bits per heavy atom. The molecule has 1 fully saturated rings. The van der Waals surface area contributed by atoms with Gasteiger partial charge in [-0.05, 0) is 75.0 Å². The minimum atomic E-state index is -1.49. The highest BCUT2D eigenvalue weighted by Crippen LogP contribution is 2.36. The molecule has 0 spiro atoms. The van der Waals surface area contributed by atoms with Gasteiger partial charge in [0.1, 0.15) is 22.5 Å². The minimum absolute atomic E-state index is 0.0127. The summed E-state index contributed by atoms with van der Waals surface area (Å²) in [6.07, 6.45) is 4.23. The van der Waals surface area contributed by atoms with Crippen LogP contribution in [-0.4, -0.2) is 36.0 Å². The molecular formula is C25H26FN7O2. The zero-order valence-electron chi connectivity index (χ0n) is 19.5. The highest BCUT2D eigenvalue weighted by atomic mass is 19.1. The number of anilines is 2. The summed E-state index contributed by atoms with van der Waals surface area (Å²) in [7, 11) is 0. The van der Waals surface area contributed by atoms with Crippen LogP contribution < -0.4 is 16.2 Å². The molecule has 3 aromatic heterocycles. The van der Waals surface area contributed by atoms with Crippen molar-refractivity contribution in [1.29, 1.82) is 0 Å². The third-order valence-corrected chi connectivity index (χ3v) is 6.49. The van der Waals surface area contributed by atoms with Gasteiger partial charge in [-0.2, -0.15) is 4.98 Å². The van der Waals surface area contributed by atoms with Crippen LogP contribution in [0, 0.1) is 5.82 Å². The maximum Gasteiger partial charge on any atom is 0.278 e. The zero-order valence-corrected chi connectivity index (χ0v) is 19.5. The predicted octanol–water partition coefficient (Wildman–Crippen LogP) is 3.07. The van der Waals surface area contributed by atoms with Crippen LogP contribution in [0.2, 0.25) is 0 Å². The fourth-order valence-electron chi connectivity index (χ4n) is 4.59. The van der Waals surface area contributed by atoms with E-state index in [1.54, 1.807) is 9.36 Å². The Hall–Kier alpha value is -3.63. The molecule has 1 aliphatic heterocycles. The van der Waals surface area contributed by atoms with E-state index in [1.165, 1.54) is 43.3 Å². The van der Waals surface area contributed by atoms with E-state index in [0.29, 0.717) is 22.8 Å². The molecule has 0 atom stereocenters. The number of benzene rings is 1. The minimum Gasteiger partial charge on any atom is -0.384 e. The number of nitrogens with one attached hydrogen (secondary N) is 2. The molecule has 1 saturated carbocycles. The fourth-order valence-corrected chi connectivity index (χ4v) is 4.59. The largest absolute Gasteiger partial charge is 0.384 e. The van der Waals surface area contributed by atoms with Gasteiger partial charge in [0.25, 0.3) is 5.56 Å². The SMILES string of the molecule is CC(C)(O)c1nc(-n2c3nc(Nc4ccc5c(c4)CNCC5)ncc3c(=O)n2C2CC2)ccc1F. The van der Waals surface area contributed by atoms with Gasteiger partial charge in [-0.15, -0.1) is 0 Å². The van der Waals surface area contributed by atoms with Crippen molar-refractivity contribution in [3.05, 3.63) is 69.5 Å². The van der Waals surface area contributed by atoms with E-state index in [1.807, 2.05) is 6.07 Å². The number of rotatable bonds is 5. The second-order valence-corrected chi connectivity index (χ2v) is 9.72. The van der Waals surface area contributed by atoms with Gasteiger partial charge < -0.3 is 15.7 Å². The third-order valence-electron chi connectivity index (χ3n) is 6.49. The van der Waals surface area contributed by atoms with Gasteiger partial charge in [0.2, 0.25) is 5.95 Å². The van der Waals surface area contributed by atoms with Crippen molar-refractivity contribution >= 4 is 22.7 Å². The van der Waals surface area contributed by atoms with E-state index in [4.69, 9.17) is 0 Å². The highest BCUT2D eigenvalue weighted by molar-refractivity contribution is 5.77. The van der Waals surface area contributed by atoms with Crippen LogP contribution in [0.15, 0.2) is 41.3 Å². The Morgan fingerprint density at radius 3 is 2.77 bits per heavy atom. The summed E-state index contributed by atoms with van der Waals surface area (Å²) in [5, 5.41) is 17.4. The normalized spacial score (nSPS) is 15.9. The summed E-state index contributed by atoms with van der Waals surface area (Å²) < 4.78 is 17.7. The first kappa shape index (κ1) is 21.9. The number of nitrogens with zero attached hydrogens (tertiary/aromatic N) is 5. The van der Waals surface area contributed by atoms with Gasteiger partial charge in [-0.25, -0.2) is 23.7 Å². The number of fused-ring (bicyclic) bond motifs is 2. The third kappa shape index (κ3) is 3.88. The van der Waals surface area contributed by atoms with E-state index < -0.39 is 11.4 Å². The summed E-state index contributed by atoms with van der Waals surface area (Å²) >= 11 is 0. The molecule has 9 nitrogen and oxygen atoms in total. The molecule has 0 unspecified atom stereocenters. The summed E-state index contributed by atoms with van der Waals surface area (Å²) in [6, 6.07) is 8.95. The van der Waals surface area contributed by atoms with Crippen molar-refractivity contribution in [3.8, 4) is 5.82 Å². The lowest BCUT2D eigenvalue weighted by Crippen LogP contribution is -2.24. The Kier molecular flexibility index (Phi) is 4.97. The van der Waals surface area contributed by atoms with E-state index in [0.717, 1.165) is 38.0 Å². The maximum atomic E-state index is 14.5. The van der Waals surface area contributed by atoms with Gasteiger partial charge in [0.05, 0.1) is 6.04 Å². The van der Waals surface area contributed by atoms with E-state index >= 15 is 0 Å². The molecule has 2 aliphatic rings. The van der Waals surface area contributed by atoms with E-state index in [2.05, 4.69) is 37.7 Å². The molecule has 10 heteroatoms. The zero-order chi connectivity index (χ0) is 24.3. The fraction of sp³-hybridized carbons (Fsp3) is 0.360. The Labute approximate surface area is 200 Å². The molecule has 3 N–H and O–H groups in total. The molecule has 0 saturated heterocycles. The summed E-state index contributed by atoms with van der Waals surface area (Å²) in [6.45, 7) is 4.74. The van der Waals surface area contributed by atoms with E-state index in [-0.39, 0.29) is 17.3 Å². The number of pyridine rings is 1. The van der Waals surface area contributed by atoms with Crippen molar-refractivity contribution in [3.63, 3.8) is 0 Å². The number of hydrogen-bond acceptors (Lipinski definition) is 7. The van der Waals surface area contributed by atoms with Gasteiger partial charge in [-0.3, -0.25) is 4.79 Å². The summed E-state index contributed by atoms with van der Waals surface area (Å²) in [5.41, 5.74) is 1.98. The van der Waals surface area contributed by atoms with Crippen LogP contribution >= 0.6 is 0 Å². The topological polar surface area (TPSA) is 110 Å². The van der Waals surface area contributed by atoms with Crippen LogP contribution in [0.4, 0.5) is 16.0 Å². The van der Waals surface area contributed by atoms with Crippen LogP contribution in [-0.2, 0) is 18.6 Å². The van der Waals surface area contributed by atoms with Crippen molar-refractivity contribution in [2.75, 3.05) is 11.9 Å². The Balaban J connectivity index is 1.48. The molecule has 180 valence electrons. The lowest BCUT2D eigenvalue weighted by molar-refractivity contribution is 0.0694. The number of halogens is 1. The Bertz CT molecular complexity index is 1520. The molecule has 0 radical (unpaired) electrons. The van der Waals surface area contributed by atoms with Crippen LogP contribution in [0.1, 0.15) is 49.6 Å². The average Bonchev–Trinajstić information content (AvgIpc) is 3.63. The molecule has 1 aromatic carbocycles. The molecule has 35 heavy (non-hydrogen) atoms. The lowest BCUT2D eigenvalue weighted by Gasteiger charge is -2.19. The molecule has 6 rings (SSSR count). The molecule has 4 aromatic rings. The smallest absolute Gasteiger partial charge is 0.278 e. The summed E-state index contributed by atoms with van der Waals surface area (Å²) in [5.74, 6) is 0.0386. The van der Waals surface area contributed by atoms with Gasteiger partial charge in [-0.1, -0.05) is 6.07 Å². The lowest BCUT2D eigenvalue weighted by atomic mass is 10.0. The van der Waals surface area contributed by atoms with Gasteiger partial charge >= 0.3 is 0 Å². The number of aromatic nitrogens is 5. The van der Waals surface area contributed by atoms with Crippen molar-refractivity contribution in [2.45, 2.75) is 51.3 Å². The summed E-state index contributed by atoms with van der Waals surface area (Å²) in [4.78, 5) is 26.7. The maximum absolute atomic E-state index is 14.5. The predicted molar refractivity (Wildman–Crippen MR) is 130 cm³/mol. The molecule has 0 bridgehead atoms. The molecule has 4 heterocycles. The molecule has 1 aliphatic carbocycles. The second-order valence-electron chi connectivity index (χ2n) is 9.72. The first-order valence-corrected chi connectivity index (χ1v) is 11.8. The number of hydrogen-bond donors (Lipinski definition) is 3.